The minimum Gasteiger partial charge on any atom is -0.376 e. The Bertz CT molecular complexity index is 599. The fourth-order valence-corrected chi connectivity index (χ4v) is 2.09. The van der Waals surface area contributed by atoms with Gasteiger partial charge in [-0.3, -0.25) is 0 Å². The predicted octanol–water partition coefficient (Wildman–Crippen LogP) is 5.32. The second-order valence-corrected chi connectivity index (χ2v) is 4.84. The summed E-state index contributed by atoms with van der Waals surface area (Å²) in [6, 6.07) is 8.20. The standard InChI is InChI=1S/C15H13ClF3N/c1-2-13(9-3-5-10(16)6-4-9)20-14-8-11(17)7-12(18)15(14)19/h3-8,13,20H,2H2,1H3. The summed E-state index contributed by atoms with van der Waals surface area (Å²) >= 11 is 5.81. The van der Waals surface area contributed by atoms with E-state index in [1.54, 1.807) is 24.3 Å². The Labute approximate surface area is 120 Å². The smallest absolute Gasteiger partial charge is 0.182 e. The average molecular weight is 300 g/mol. The number of rotatable bonds is 4. The van der Waals surface area contributed by atoms with Gasteiger partial charge in [-0.05, 0) is 24.1 Å². The molecule has 0 amide bonds. The highest BCUT2D eigenvalue weighted by atomic mass is 35.5. The second-order valence-electron chi connectivity index (χ2n) is 4.41. The number of benzene rings is 2. The topological polar surface area (TPSA) is 12.0 Å². The van der Waals surface area contributed by atoms with Crippen LogP contribution < -0.4 is 5.32 Å². The molecular formula is C15H13ClF3N. The van der Waals surface area contributed by atoms with Crippen LogP contribution in [0.1, 0.15) is 24.9 Å². The lowest BCUT2D eigenvalue weighted by atomic mass is 10.0. The van der Waals surface area contributed by atoms with Gasteiger partial charge in [0.15, 0.2) is 11.6 Å². The van der Waals surface area contributed by atoms with Crippen molar-refractivity contribution in [3.8, 4) is 0 Å². The maximum atomic E-state index is 13.6. The highest BCUT2D eigenvalue weighted by molar-refractivity contribution is 6.30. The van der Waals surface area contributed by atoms with E-state index in [-0.39, 0.29) is 11.7 Å². The van der Waals surface area contributed by atoms with Crippen LogP contribution in [0.4, 0.5) is 18.9 Å². The van der Waals surface area contributed by atoms with Crippen LogP contribution in [-0.2, 0) is 0 Å². The molecule has 106 valence electrons. The molecule has 0 aliphatic rings. The SMILES string of the molecule is CCC(Nc1cc(F)cc(F)c1F)c1ccc(Cl)cc1. The summed E-state index contributed by atoms with van der Waals surface area (Å²) in [5, 5.41) is 3.41. The molecule has 5 heteroatoms. The van der Waals surface area contributed by atoms with Crippen LogP contribution >= 0.6 is 11.6 Å². The maximum absolute atomic E-state index is 13.6. The third-order valence-corrected chi connectivity index (χ3v) is 3.26. The molecule has 2 aromatic carbocycles. The van der Waals surface area contributed by atoms with E-state index in [0.717, 1.165) is 11.6 Å². The van der Waals surface area contributed by atoms with Crippen molar-refractivity contribution in [1.29, 1.82) is 0 Å². The zero-order valence-corrected chi connectivity index (χ0v) is 11.5. The zero-order valence-electron chi connectivity index (χ0n) is 10.8. The Morgan fingerprint density at radius 2 is 1.75 bits per heavy atom. The van der Waals surface area contributed by atoms with Gasteiger partial charge in [-0.2, -0.15) is 0 Å². The highest BCUT2D eigenvalue weighted by Crippen LogP contribution is 2.27. The first kappa shape index (κ1) is 14.7. The van der Waals surface area contributed by atoms with Crippen LogP contribution in [0.25, 0.3) is 0 Å². The molecule has 0 heterocycles. The van der Waals surface area contributed by atoms with Crippen LogP contribution in [-0.4, -0.2) is 0 Å². The van der Waals surface area contributed by atoms with E-state index in [4.69, 9.17) is 11.6 Å². The van der Waals surface area contributed by atoms with Crippen molar-refractivity contribution >= 4 is 17.3 Å². The van der Waals surface area contributed by atoms with E-state index in [1.807, 2.05) is 6.92 Å². The monoisotopic (exact) mass is 299 g/mol. The van der Waals surface area contributed by atoms with Crippen molar-refractivity contribution in [3.05, 3.63) is 64.4 Å². The van der Waals surface area contributed by atoms with Crippen LogP contribution in [0, 0.1) is 17.5 Å². The van der Waals surface area contributed by atoms with Gasteiger partial charge >= 0.3 is 0 Å². The van der Waals surface area contributed by atoms with Gasteiger partial charge in [0.05, 0.1) is 11.7 Å². The van der Waals surface area contributed by atoms with Gasteiger partial charge in [0, 0.05) is 17.2 Å². The molecule has 1 N–H and O–H groups in total. The Morgan fingerprint density at radius 1 is 1.10 bits per heavy atom. The third kappa shape index (κ3) is 3.25. The zero-order chi connectivity index (χ0) is 14.7. The highest BCUT2D eigenvalue weighted by Gasteiger charge is 2.15. The summed E-state index contributed by atoms with van der Waals surface area (Å²) in [4.78, 5) is 0. The van der Waals surface area contributed by atoms with Crippen molar-refractivity contribution in [3.63, 3.8) is 0 Å². The maximum Gasteiger partial charge on any atom is 0.182 e. The van der Waals surface area contributed by atoms with E-state index in [0.29, 0.717) is 17.5 Å². The molecule has 0 radical (unpaired) electrons. The largest absolute Gasteiger partial charge is 0.376 e. The Hall–Kier alpha value is -1.68. The van der Waals surface area contributed by atoms with Crippen molar-refractivity contribution in [2.24, 2.45) is 0 Å². The molecule has 1 unspecified atom stereocenters. The van der Waals surface area contributed by atoms with Gasteiger partial charge < -0.3 is 5.32 Å². The van der Waals surface area contributed by atoms with Gasteiger partial charge in [-0.15, -0.1) is 0 Å². The molecule has 20 heavy (non-hydrogen) atoms. The van der Waals surface area contributed by atoms with Gasteiger partial charge in [-0.1, -0.05) is 30.7 Å². The molecule has 1 nitrogen and oxygen atoms in total. The first-order chi connectivity index (χ1) is 9.51. The summed E-state index contributed by atoms with van der Waals surface area (Å²) in [7, 11) is 0. The molecule has 0 fully saturated rings. The molecule has 2 rings (SSSR count). The van der Waals surface area contributed by atoms with Gasteiger partial charge in [-0.25, -0.2) is 13.2 Å². The van der Waals surface area contributed by atoms with Gasteiger partial charge in [0.25, 0.3) is 0 Å². The number of anilines is 1. The Balaban J connectivity index is 2.29. The molecule has 0 spiro atoms. The lowest BCUT2D eigenvalue weighted by molar-refractivity contribution is 0.496. The molecule has 0 aliphatic carbocycles. The Kier molecular flexibility index (Phi) is 4.55. The quantitative estimate of drug-likeness (QED) is 0.753. The average Bonchev–Trinajstić information content (AvgIpc) is 2.42. The summed E-state index contributed by atoms with van der Waals surface area (Å²) in [5.74, 6) is -3.12. The second kappa shape index (κ2) is 6.18. The van der Waals surface area contributed by atoms with Crippen LogP contribution in [0.2, 0.25) is 5.02 Å². The summed E-state index contributed by atoms with van der Waals surface area (Å²) < 4.78 is 40.0. The van der Waals surface area contributed by atoms with Crippen molar-refractivity contribution in [2.75, 3.05) is 5.32 Å². The predicted molar refractivity (Wildman–Crippen MR) is 74.4 cm³/mol. The fraction of sp³-hybridized carbons (Fsp3) is 0.200. The summed E-state index contributed by atoms with van der Waals surface area (Å²) in [5.41, 5.74) is 0.672. The van der Waals surface area contributed by atoms with Crippen LogP contribution in [0.3, 0.4) is 0 Å². The molecule has 2 aromatic rings. The number of nitrogens with one attached hydrogen (secondary N) is 1. The molecule has 1 atom stereocenters. The number of hydrogen-bond acceptors (Lipinski definition) is 1. The first-order valence-corrected chi connectivity index (χ1v) is 6.55. The van der Waals surface area contributed by atoms with Crippen molar-refractivity contribution < 1.29 is 13.2 Å². The van der Waals surface area contributed by atoms with Gasteiger partial charge in [0.1, 0.15) is 5.82 Å². The molecule has 0 saturated heterocycles. The summed E-state index contributed by atoms with van der Waals surface area (Å²) in [6.07, 6.45) is 0.624. The van der Waals surface area contributed by atoms with Gasteiger partial charge in [0.2, 0.25) is 0 Å². The Morgan fingerprint density at radius 3 is 2.35 bits per heavy atom. The van der Waals surface area contributed by atoms with Crippen LogP contribution in [0.5, 0.6) is 0 Å². The minimum atomic E-state index is -1.21. The molecule has 0 bridgehead atoms. The normalized spacial score (nSPS) is 12.2. The van der Waals surface area contributed by atoms with E-state index >= 15 is 0 Å². The van der Waals surface area contributed by atoms with E-state index in [1.165, 1.54) is 0 Å². The first-order valence-electron chi connectivity index (χ1n) is 6.17. The lowest BCUT2D eigenvalue weighted by Gasteiger charge is -2.19. The number of halogens is 4. The van der Waals surface area contributed by atoms with Crippen molar-refractivity contribution in [2.45, 2.75) is 19.4 Å². The third-order valence-electron chi connectivity index (χ3n) is 3.00. The molecule has 0 saturated carbocycles. The minimum absolute atomic E-state index is 0.190. The molecule has 0 aromatic heterocycles. The summed E-state index contributed by atoms with van der Waals surface area (Å²) in [6.45, 7) is 1.89. The number of hydrogen-bond donors (Lipinski definition) is 1. The molecule has 0 aliphatic heterocycles. The molecular weight excluding hydrogens is 287 g/mol. The van der Waals surface area contributed by atoms with Crippen LogP contribution in [0.15, 0.2) is 36.4 Å². The fourth-order valence-electron chi connectivity index (χ4n) is 1.96. The van der Waals surface area contributed by atoms with E-state index in [2.05, 4.69) is 5.32 Å². The van der Waals surface area contributed by atoms with Crippen molar-refractivity contribution in [1.82, 2.24) is 0 Å². The van der Waals surface area contributed by atoms with E-state index < -0.39 is 17.5 Å². The lowest BCUT2D eigenvalue weighted by Crippen LogP contribution is -2.11. The van der Waals surface area contributed by atoms with E-state index in [9.17, 15) is 13.2 Å².